The Hall–Kier alpha value is -0.730. The summed E-state index contributed by atoms with van der Waals surface area (Å²) in [6, 6.07) is 7.52. The third kappa shape index (κ3) is 5.99. The lowest BCUT2D eigenvalue weighted by molar-refractivity contribution is -0.717. The summed E-state index contributed by atoms with van der Waals surface area (Å²) < 4.78 is 5.60. The molecule has 0 amide bonds. The Balaban J connectivity index is 2.17. The van der Waals surface area contributed by atoms with E-state index in [4.69, 9.17) is 16.3 Å². The lowest BCUT2D eigenvalue weighted by Gasteiger charge is -2.16. The Morgan fingerprint density at radius 2 is 2.06 bits per heavy atom. The molecular formula is C13H21ClNO+. The minimum absolute atomic E-state index is 0.302. The maximum atomic E-state index is 5.86. The van der Waals surface area contributed by atoms with Crippen LogP contribution in [0.25, 0.3) is 0 Å². The third-order valence-corrected chi connectivity index (χ3v) is 2.41. The minimum Gasteiger partial charge on any atom is -0.493 e. The SMILES string of the molecule is CC(C)(C)[NH2+]CCCOc1cccc(Cl)c1. The highest BCUT2D eigenvalue weighted by atomic mass is 35.5. The van der Waals surface area contributed by atoms with E-state index < -0.39 is 0 Å². The average Bonchev–Trinajstić information content (AvgIpc) is 2.15. The smallest absolute Gasteiger partial charge is 0.120 e. The summed E-state index contributed by atoms with van der Waals surface area (Å²) >= 11 is 5.86. The molecule has 0 fully saturated rings. The molecule has 0 aliphatic heterocycles. The largest absolute Gasteiger partial charge is 0.493 e. The molecule has 1 rings (SSSR count). The number of ether oxygens (including phenoxy) is 1. The van der Waals surface area contributed by atoms with E-state index in [9.17, 15) is 0 Å². The zero-order valence-corrected chi connectivity index (χ0v) is 11.1. The van der Waals surface area contributed by atoms with Crippen LogP contribution in [0.5, 0.6) is 5.75 Å². The summed E-state index contributed by atoms with van der Waals surface area (Å²) in [6.07, 6.45) is 1.05. The van der Waals surface area contributed by atoms with E-state index in [1.165, 1.54) is 0 Å². The fraction of sp³-hybridized carbons (Fsp3) is 0.538. The molecule has 1 aromatic carbocycles. The minimum atomic E-state index is 0.302. The maximum absolute atomic E-state index is 5.86. The molecule has 90 valence electrons. The van der Waals surface area contributed by atoms with E-state index in [-0.39, 0.29) is 0 Å². The second kappa shape index (κ2) is 6.12. The van der Waals surface area contributed by atoms with Crippen LogP contribution in [0.15, 0.2) is 24.3 Å². The lowest BCUT2D eigenvalue weighted by atomic mass is 10.1. The van der Waals surface area contributed by atoms with E-state index in [1.54, 1.807) is 0 Å². The molecule has 0 heterocycles. The van der Waals surface area contributed by atoms with Crippen molar-refractivity contribution in [3.8, 4) is 5.75 Å². The van der Waals surface area contributed by atoms with Crippen molar-refractivity contribution in [3.05, 3.63) is 29.3 Å². The Kier molecular flexibility index (Phi) is 5.10. The van der Waals surface area contributed by atoms with Crippen molar-refractivity contribution in [2.24, 2.45) is 0 Å². The van der Waals surface area contributed by atoms with E-state index >= 15 is 0 Å². The van der Waals surface area contributed by atoms with E-state index in [2.05, 4.69) is 26.1 Å². The van der Waals surface area contributed by atoms with E-state index in [1.807, 2.05) is 24.3 Å². The zero-order valence-electron chi connectivity index (χ0n) is 10.3. The van der Waals surface area contributed by atoms with Gasteiger partial charge in [0.1, 0.15) is 5.75 Å². The van der Waals surface area contributed by atoms with Crippen LogP contribution in [0.2, 0.25) is 5.02 Å². The predicted molar refractivity (Wildman–Crippen MR) is 68.1 cm³/mol. The molecule has 0 radical (unpaired) electrons. The summed E-state index contributed by atoms with van der Waals surface area (Å²) in [5.74, 6) is 0.850. The van der Waals surface area contributed by atoms with Gasteiger partial charge in [0, 0.05) is 11.4 Å². The molecule has 0 spiro atoms. The van der Waals surface area contributed by atoms with Crippen LogP contribution in [-0.4, -0.2) is 18.7 Å². The lowest BCUT2D eigenvalue weighted by Crippen LogP contribution is -2.94. The molecule has 1 aromatic rings. The van der Waals surface area contributed by atoms with Gasteiger partial charge < -0.3 is 10.1 Å². The molecule has 0 aromatic heterocycles. The van der Waals surface area contributed by atoms with Gasteiger partial charge >= 0.3 is 0 Å². The Bertz CT molecular complexity index is 320. The van der Waals surface area contributed by atoms with Crippen LogP contribution >= 0.6 is 11.6 Å². The Morgan fingerprint density at radius 1 is 1.31 bits per heavy atom. The molecule has 0 atom stereocenters. The molecule has 2 nitrogen and oxygen atoms in total. The van der Waals surface area contributed by atoms with E-state index in [0.717, 1.165) is 30.3 Å². The Morgan fingerprint density at radius 3 is 2.69 bits per heavy atom. The van der Waals surface area contributed by atoms with Gasteiger partial charge in [-0.25, -0.2) is 0 Å². The van der Waals surface area contributed by atoms with Gasteiger partial charge in [0.05, 0.1) is 18.7 Å². The highest BCUT2D eigenvalue weighted by Gasteiger charge is 2.11. The highest BCUT2D eigenvalue weighted by Crippen LogP contribution is 2.16. The molecular weight excluding hydrogens is 222 g/mol. The summed E-state index contributed by atoms with van der Waals surface area (Å²) in [4.78, 5) is 0. The van der Waals surface area contributed by atoms with Gasteiger partial charge in [-0.3, -0.25) is 0 Å². The van der Waals surface area contributed by atoms with Gasteiger partial charge in [0.25, 0.3) is 0 Å². The van der Waals surface area contributed by atoms with Gasteiger partial charge in [-0.15, -0.1) is 0 Å². The number of rotatable bonds is 5. The van der Waals surface area contributed by atoms with Crippen LogP contribution in [0.4, 0.5) is 0 Å². The van der Waals surface area contributed by atoms with E-state index in [0.29, 0.717) is 5.54 Å². The summed E-state index contributed by atoms with van der Waals surface area (Å²) in [7, 11) is 0. The van der Waals surface area contributed by atoms with Crippen LogP contribution < -0.4 is 10.1 Å². The zero-order chi connectivity index (χ0) is 12.0. The topological polar surface area (TPSA) is 25.8 Å². The van der Waals surface area contributed by atoms with Crippen LogP contribution in [0.1, 0.15) is 27.2 Å². The normalized spacial score (nSPS) is 11.5. The fourth-order valence-electron chi connectivity index (χ4n) is 1.37. The van der Waals surface area contributed by atoms with Crippen LogP contribution in [-0.2, 0) is 0 Å². The van der Waals surface area contributed by atoms with Gasteiger partial charge in [0.2, 0.25) is 0 Å². The summed E-state index contributed by atoms with van der Waals surface area (Å²) in [6.45, 7) is 8.47. The average molecular weight is 243 g/mol. The van der Waals surface area contributed by atoms with Crippen molar-refractivity contribution < 1.29 is 10.1 Å². The van der Waals surface area contributed by atoms with Gasteiger partial charge in [-0.05, 0) is 39.0 Å². The summed E-state index contributed by atoms with van der Waals surface area (Å²) in [5, 5.41) is 3.05. The predicted octanol–water partition coefficient (Wildman–Crippen LogP) is 2.47. The van der Waals surface area contributed by atoms with Crippen molar-refractivity contribution in [2.75, 3.05) is 13.2 Å². The standard InChI is InChI=1S/C13H20ClNO/c1-13(2,3)15-8-5-9-16-12-7-4-6-11(14)10-12/h4,6-7,10,15H,5,8-9H2,1-3H3/p+1. The van der Waals surface area contributed by atoms with Crippen molar-refractivity contribution >= 4 is 11.6 Å². The summed E-state index contributed by atoms with van der Waals surface area (Å²) in [5.41, 5.74) is 0.302. The first-order valence-electron chi connectivity index (χ1n) is 5.70. The van der Waals surface area contributed by atoms with Gasteiger partial charge in [-0.1, -0.05) is 17.7 Å². The van der Waals surface area contributed by atoms with Crippen LogP contribution in [0.3, 0.4) is 0 Å². The molecule has 0 aliphatic carbocycles. The first-order chi connectivity index (χ1) is 7.47. The second-order valence-corrected chi connectivity index (χ2v) is 5.45. The van der Waals surface area contributed by atoms with Crippen molar-refractivity contribution in [1.29, 1.82) is 0 Å². The molecule has 2 N–H and O–H groups in total. The Labute approximate surface area is 103 Å². The maximum Gasteiger partial charge on any atom is 0.120 e. The molecule has 0 aliphatic rings. The number of halogens is 1. The molecule has 0 saturated carbocycles. The molecule has 16 heavy (non-hydrogen) atoms. The first kappa shape index (κ1) is 13.3. The van der Waals surface area contributed by atoms with Crippen LogP contribution in [0, 0.1) is 0 Å². The number of benzene rings is 1. The number of hydrogen-bond donors (Lipinski definition) is 1. The molecule has 0 unspecified atom stereocenters. The highest BCUT2D eigenvalue weighted by molar-refractivity contribution is 6.30. The van der Waals surface area contributed by atoms with Gasteiger partial charge in [0.15, 0.2) is 0 Å². The number of quaternary nitrogens is 1. The van der Waals surface area contributed by atoms with Crippen molar-refractivity contribution in [3.63, 3.8) is 0 Å². The first-order valence-corrected chi connectivity index (χ1v) is 6.08. The van der Waals surface area contributed by atoms with Crippen molar-refractivity contribution in [2.45, 2.75) is 32.7 Å². The fourth-order valence-corrected chi connectivity index (χ4v) is 1.55. The molecule has 0 bridgehead atoms. The molecule has 3 heteroatoms. The van der Waals surface area contributed by atoms with Crippen molar-refractivity contribution in [1.82, 2.24) is 0 Å². The second-order valence-electron chi connectivity index (χ2n) is 5.02. The number of hydrogen-bond acceptors (Lipinski definition) is 1. The third-order valence-electron chi connectivity index (χ3n) is 2.17. The quantitative estimate of drug-likeness (QED) is 0.789. The van der Waals surface area contributed by atoms with Gasteiger partial charge in [-0.2, -0.15) is 0 Å². The number of nitrogens with two attached hydrogens (primary N) is 1. The monoisotopic (exact) mass is 242 g/mol. The molecule has 0 saturated heterocycles.